The van der Waals surface area contributed by atoms with Gasteiger partial charge in [0.2, 0.25) is 0 Å². The van der Waals surface area contributed by atoms with Gasteiger partial charge in [0.05, 0.1) is 24.0 Å². The SMILES string of the molecule is C[C@H](O)C(=O)Nc1c(I)c(C(=O)N(C)C)c(I)c(C(=O)N(C)C)c1I. The first-order chi connectivity index (χ1) is 11.4. The summed E-state index contributed by atoms with van der Waals surface area (Å²) in [6.45, 7) is 1.35. The van der Waals surface area contributed by atoms with Crippen LogP contribution >= 0.6 is 67.8 Å². The number of aliphatic hydroxyl groups is 1. The molecule has 10 heteroatoms. The molecule has 0 radical (unpaired) electrons. The van der Waals surface area contributed by atoms with Gasteiger partial charge in [-0.1, -0.05) is 0 Å². The Bertz CT molecular complexity index is 686. The summed E-state index contributed by atoms with van der Waals surface area (Å²) in [7, 11) is 6.48. The molecule has 1 aromatic rings. The summed E-state index contributed by atoms with van der Waals surface area (Å²) >= 11 is 5.94. The van der Waals surface area contributed by atoms with E-state index in [0.29, 0.717) is 27.5 Å². The summed E-state index contributed by atoms with van der Waals surface area (Å²) in [5.41, 5.74) is 1.04. The van der Waals surface area contributed by atoms with E-state index in [4.69, 9.17) is 0 Å². The van der Waals surface area contributed by atoms with Crippen LogP contribution < -0.4 is 5.32 Å². The van der Waals surface area contributed by atoms with Gasteiger partial charge in [-0.15, -0.1) is 0 Å². The summed E-state index contributed by atoms with van der Waals surface area (Å²) in [6.07, 6.45) is -1.22. The molecule has 0 saturated carbocycles. The van der Waals surface area contributed by atoms with E-state index >= 15 is 0 Å². The Balaban J connectivity index is 3.80. The third-order valence-corrected chi connectivity index (χ3v) is 6.42. The van der Waals surface area contributed by atoms with Crippen molar-refractivity contribution < 1.29 is 19.5 Å². The Hall–Kier alpha value is -0.220. The predicted molar refractivity (Wildman–Crippen MR) is 121 cm³/mol. The number of carbonyl (C=O) groups is 3. The lowest BCUT2D eigenvalue weighted by atomic mass is 10.1. The summed E-state index contributed by atoms with van der Waals surface area (Å²) in [4.78, 5) is 40.1. The molecule has 2 N–H and O–H groups in total. The number of rotatable bonds is 4. The van der Waals surface area contributed by atoms with Gasteiger partial charge >= 0.3 is 0 Å². The van der Waals surface area contributed by atoms with E-state index in [-0.39, 0.29) is 11.8 Å². The minimum Gasteiger partial charge on any atom is -0.384 e. The standard InChI is InChI=1S/C15H18I3N3O4/c1-6(22)13(23)19-12-10(17)7(14(24)20(2)3)9(16)8(11(12)18)15(25)21(4)5/h6,22H,1-5H3,(H,19,23)/t6-/m0/s1. The van der Waals surface area contributed by atoms with Crippen LogP contribution in [0.25, 0.3) is 0 Å². The van der Waals surface area contributed by atoms with E-state index in [1.807, 2.05) is 67.8 Å². The molecule has 7 nitrogen and oxygen atoms in total. The number of nitrogens with one attached hydrogen (secondary N) is 1. The molecule has 0 fully saturated rings. The van der Waals surface area contributed by atoms with E-state index in [1.54, 1.807) is 28.2 Å². The maximum Gasteiger partial charge on any atom is 0.255 e. The predicted octanol–water partition coefficient (Wildman–Crippen LogP) is 2.22. The fourth-order valence-electron chi connectivity index (χ4n) is 1.82. The van der Waals surface area contributed by atoms with Crippen LogP contribution in [-0.4, -0.2) is 66.9 Å². The molecule has 1 atom stereocenters. The van der Waals surface area contributed by atoms with Crippen LogP contribution in [0.15, 0.2) is 0 Å². The topological polar surface area (TPSA) is 90.0 Å². The lowest BCUT2D eigenvalue weighted by molar-refractivity contribution is -0.123. The van der Waals surface area contributed by atoms with Crippen molar-refractivity contribution in [2.24, 2.45) is 0 Å². The molecule has 0 spiro atoms. The van der Waals surface area contributed by atoms with Crippen molar-refractivity contribution in [2.75, 3.05) is 33.5 Å². The molecule has 0 aliphatic carbocycles. The van der Waals surface area contributed by atoms with Crippen LogP contribution in [-0.2, 0) is 4.79 Å². The largest absolute Gasteiger partial charge is 0.384 e. The van der Waals surface area contributed by atoms with Crippen LogP contribution in [0.4, 0.5) is 5.69 Å². The van der Waals surface area contributed by atoms with Crippen LogP contribution in [0.5, 0.6) is 0 Å². The molecular weight excluding hydrogens is 667 g/mol. The van der Waals surface area contributed by atoms with Crippen molar-refractivity contribution in [1.29, 1.82) is 0 Å². The number of nitrogens with zero attached hydrogens (tertiary/aromatic N) is 2. The molecule has 0 saturated heterocycles. The Morgan fingerprint density at radius 3 is 1.52 bits per heavy atom. The van der Waals surface area contributed by atoms with E-state index in [0.717, 1.165) is 0 Å². The lowest BCUT2D eigenvalue weighted by Gasteiger charge is -2.22. The molecule has 3 amide bonds. The van der Waals surface area contributed by atoms with Crippen LogP contribution in [0.3, 0.4) is 0 Å². The Morgan fingerprint density at radius 2 is 1.24 bits per heavy atom. The Kier molecular flexibility index (Phi) is 8.33. The van der Waals surface area contributed by atoms with Gasteiger partial charge < -0.3 is 20.2 Å². The molecule has 0 aromatic heterocycles. The van der Waals surface area contributed by atoms with Crippen LogP contribution in [0, 0.1) is 10.7 Å². The van der Waals surface area contributed by atoms with Crippen molar-refractivity contribution in [1.82, 2.24) is 9.80 Å². The van der Waals surface area contributed by atoms with Crippen LogP contribution in [0.1, 0.15) is 27.6 Å². The van der Waals surface area contributed by atoms with E-state index in [9.17, 15) is 19.5 Å². The summed E-state index contributed by atoms with van der Waals surface area (Å²) in [5.74, 6) is -1.15. The van der Waals surface area contributed by atoms with E-state index in [1.165, 1.54) is 16.7 Å². The highest BCUT2D eigenvalue weighted by Gasteiger charge is 2.30. The molecule has 0 heterocycles. The fraction of sp³-hybridized carbons (Fsp3) is 0.400. The van der Waals surface area contributed by atoms with Crippen molar-refractivity contribution in [3.8, 4) is 0 Å². The second-order valence-electron chi connectivity index (χ2n) is 5.63. The maximum absolute atomic E-state index is 12.6. The van der Waals surface area contributed by atoms with Gasteiger partial charge in [-0.2, -0.15) is 0 Å². The zero-order valence-electron chi connectivity index (χ0n) is 14.3. The van der Waals surface area contributed by atoms with Crippen LogP contribution in [0.2, 0.25) is 0 Å². The molecule has 25 heavy (non-hydrogen) atoms. The maximum atomic E-state index is 12.6. The van der Waals surface area contributed by atoms with Gasteiger partial charge in [-0.25, -0.2) is 0 Å². The molecular formula is C15H18I3N3O4. The monoisotopic (exact) mass is 685 g/mol. The average molecular weight is 685 g/mol. The second kappa shape index (κ2) is 9.12. The third-order valence-electron chi connectivity index (χ3n) is 3.18. The third kappa shape index (κ3) is 4.94. The molecule has 138 valence electrons. The minimum absolute atomic E-state index is 0.273. The molecule has 1 aromatic carbocycles. The van der Waals surface area contributed by atoms with Gasteiger partial charge in [0.1, 0.15) is 6.10 Å². The zero-order valence-corrected chi connectivity index (χ0v) is 20.8. The summed E-state index contributed by atoms with van der Waals surface area (Å²) in [6, 6.07) is 0. The molecule has 0 bridgehead atoms. The fourth-order valence-corrected chi connectivity index (χ4v) is 6.18. The highest BCUT2D eigenvalue weighted by molar-refractivity contribution is 14.1. The van der Waals surface area contributed by atoms with Gasteiger partial charge in [-0.05, 0) is 74.7 Å². The van der Waals surface area contributed by atoms with Crippen molar-refractivity contribution >= 4 is 91.2 Å². The highest BCUT2D eigenvalue weighted by Crippen LogP contribution is 2.36. The Labute approximate surface area is 187 Å². The number of amides is 3. The van der Waals surface area contributed by atoms with E-state index in [2.05, 4.69) is 5.32 Å². The first-order valence-corrected chi connectivity index (χ1v) is 10.3. The first-order valence-electron chi connectivity index (χ1n) is 7.04. The molecule has 0 aliphatic rings. The first kappa shape index (κ1) is 22.8. The van der Waals surface area contributed by atoms with Gasteiger partial charge in [0.25, 0.3) is 17.7 Å². The summed E-state index contributed by atoms with van der Waals surface area (Å²) in [5, 5.41) is 12.1. The highest BCUT2D eigenvalue weighted by atomic mass is 127. The summed E-state index contributed by atoms with van der Waals surface area (Å²) < 4.78 is 1.57. The minimum atomic E-state index is -1.22. The van der Waals surface area contributed by atoms with Crippen molar-refractivity contribution in [2.45, 2.75) is 13.0 Å². The smallest absolute Gasteiger partial charge is 0.255 e. The number of hydrogen-bond acceptors (Lipinski definition) is 4. The number of hydrogen-bond donors (Lipinski definition) is 2. The number of aliphatic hydroxyl groups excluding tert-OH is 1. The molecule has 0 aliphatic heterocycles. The number of anilines is 1. The Morgan fingerprint density at radius 1 is 0.880 bits per heavy atom. The number of carbonyl (C=O) groups excluding carboxylic acids is 3. The van der Waals surface area contributed by atoms with Crippen molar-refractivity contribution in [3.63, 3.8) is 0 Å². The van der Waals surface area contributed by atoms with Gasteiger partial charge in [-0.3, -0.25) is 14.4 Å². The average Bonchev–Trinajstić information content (AvgIpc) is 2.50. The van der Waals surface area contributed by atoms with Gasteiger partial charge in [0.15, 0.2) is 0 Å². The number of benzene rings is 1. The normalized spacial score (nSPS) is 11.7. The molecule has 1 rings (SSSR count). The van der Waals surface area contributed by atoms with E-state index < -0.39 is 12.0 Å². The lowest BCUT2D eigenvalue weighted by Crippen LogP contribution is -2.31. The van der Waals surface area contributed by atoms with Gasteiger partial charge in [0, 0.05) is 31.8 Å². The molecule has 0 unspecified atom stereocenters. The number of halogens is 3. The quantitative estimate of drug-likeness (QED) is 0.477. The second-order valence-corrected chi connectivity index (χ2v) is 8.87. The van der Waals surface area contributed by atoms with Crippen molar-refractivity contribution in [3.05, 3.63) is 21.8 Å². The zero-order chi connectivity index (χ0) is 19.6.